The van der Waals surface area contributed by atoms with Gasteiger partial charge in [-0.2, -0.15) is 0 Å². The predicted molar refractivity (Wildman–Crippen MR) is 86.7 cm³/mol. The third-order valence-corrected chi connectivity index (χ3v) is 4.10. The zero-order chi connectivity index (χ0) is 14.9. The highest BCUT2D eigenvalue weighted by atomic mass is 16.5. The fraction of sp³-hybridized carbons (Fsp3) is 0.667. The summed E-state index contributed by atoms with van der Waals surface area (Å²) in [5, 5.41) is 3.32. The largest absolute Gasteiger partial charge is 0.491 e. The lowest BCUT2D eigenvalue weighted by Gasteiger charge is -2.26. The first-order valence-electron chi connectivity index (χ1n) is 8.32. The number of nitrogens with one attached hydrogen (secondary N) is 1. The van der Waals surface area contributed by atoms with Gasteiger partial charge in [-0.3, -0.25) is 0 Å². The van der Waals surface area contributed by atoms with Crippen LogP contribution >= 0.6 is 0 Å². The molecule has 0 aromatic heterocycles. The van der Waals surface area contributed by atoms with Crippen LogP contribution in [0.15, 0.2) is 24.3 Å². The van der Waals surface area contributed by atoms with Crippen LogP contribution in [0.4, 0.5) is 0 Å². The molecule has 0 amide bonds. The van der Waals surface area contributed by atoms with Crippen molar-refractivity contribution in [2.24, 2.45) is 5.92 Å². The molecule has 3 nitrogen and oxygen atoms in total. The lowest BCUT2D eigenvalue weighted by Crippen LogP contribution is -2.23. The number of ether oxygens (including phenoxy) is 2. The number of hydrogen-bond donors (Lipinski definition) is 1. The molecule has 1 N–H and O–H groups in total. The monoisotopic (exact) mass is 291 g/mol. The molecule has 0 spiro atoms. The highest BCUT2D eigenvalue weighted by Crippen LogP contribution is 2.25. The number of hydrogen-bond acceptors (Lipinski definition) is 3. The van der Waals surface area contributed by atoms with E-state index in [1.807, 2.05) is 12.1 Å². The molecule has 3 heteroatoms. The second-order valence-corrected chi connectivity index (χ2v) is 6.04. The van der Waals surface area contributed by atoms with Gasteiger partial charge < -0.3 is 14.8 Å². The van der Waals surface area contributed by atoms with E-state index in [1.165, 1.54) is 31.2 Å². The van der Waals surface area contributed by atoms with Crippen LogP contribution in [0.5, 0.6) is 5.75 Å². The Morgan fingerprint density at radius 2 is 1.95 bits per heavy atom. The number of rotatable bonds is 8. The smallest absolute Gasteiger partial charge is 0.119 e. The van der Waals surface area contributed by atoms with Crippen molar-refractivity contribution in [2.75, 3.05) is 19.8 Å². The first-order valence-corrected chi connectivity index (χ1v) is 8.32. The van der Waals surface area contributed by atoms with E-state index in [0.29, 0.717) is 19.3 Å². The van der Waals surface area contributed by atoms with Gasteiger partial charge in [0.2, 0.25) is 0 Å². The highest BCUT2D eigenvalue weighted by Gasteiger charge is 2.18. The van der Waals surface area contributed by atoms with Gasteiger partial charge >= 0.3 is 0 Å². The summed E-state index contributed by atoms with van der Waals surface area (Å²) in [6.07, 6.45) is 5.53. The van der Waals surface area contributed by atoms with E-state index >= 15 is 0 Å². The quantitative estimate of drug-likeness (QED) is 0.740. The minimum absolute atomic E-state index is 0.444. The van der Waals surface area contributed by atoms with E-state index < -0.39 is 0 Å². The first-order chi connectivity index (χ1) is 10.3. The second kappa shape index (κ2) is 9.06. The topological polar surface area (TPSA) is 30.5 Å². The van der Waals surface area contributed by atoms with Gasteiger partial charge in [-0.1, -0.05) is 38.8 Å². The van der Waals surface area contributed by atoms with Gasteiger partial charge in [0, 0.05) is 6.54 Å². The zero-order valence-corrected chi connectivity index (χ0v) is 13.4. The Kier molecular flexibility index (Phi) is 7.04. The molecule has 2 atom stereocenters. The van der Waals surface area contributed by atoms with Crippen molar-refractivity contribution in [1.29, 1.82) is 0 Å². The molecule has 1 aromatic rings. The van der Waals surface area contributed by atoms with Gasteiger partial charge in [0.05, 0.1) is 12.7 Å². The van der Waals surface area contributed by atoms with Gasteiger partial charge in [-0.25, -0.2) is 0 Å². The van der Waals surface area contributed by atoms with Crippen molar-refractivity contribution < 1.29 is 9.47 Å². The fourth-order valence-electron chi connectivity index (χ4n) is 2.88. The van der Waals surface area contributed by atoms with Crippen molar-refractivity contribution in [3.63, 3.8) is 0 Å². The van der Waals surface area contributed by atoms with Crippen LogP contribution in [0.1, 0.15) is 45.1 Å². The van der Waals surface area contributed by atoms with E-state index in [4.69, 9.17) is 9.47 Å². The molecule has 1 aromatic carbocycles. The van der Waals surface area contributed by atoms with Gasteiger partial charge in [-0.05, 0) is 43.0 Å². The van der Waals surface area contributed by atoms with E-state index in [9.17, 15) is 0 Å². The van der Waals surface area contributed by atoms with Crippen LogP contribution in [0.3, 0.4) is 0 Å². The molecule has 2 rings (SSSR count). The Morgan fingerprint density at radius 1 is 1.14 bits per heavy atom. The SMILES string of the molecule is CCNCc1ccc(OCCOC2CCCC(C)C2)cc1. The summed E-state index contributed by atoms with van der Waals surface area (Å²) < 4.78 is 11.7. The Morgan fingerprint density at radius 3 is 2.67 bits per heavy atom. The third-order valence-electron chi connectivity index (χ3n) is 4.10. The van der Waals surface area contributed by atoms with Gasteiger partial charge in [0.1, 0.15) is 12.4 Å². The normalized spacial score (nSPS) is 22.2. The van der Waals surface area contributed by atoms with Crippen molar-refractivity contribution in [1.82, 2.24) is 5.32 Å². The summed E-state index contributed by atoms with van der Waals surface area (Å²) in [5.41, 5.74) is 1.29. The van der Waals surface area contributed by atoms with Crippen LogP contribution < -0.4 is 10.1 Å². The van der Waals surface area contributed by atoms with Gasteiger partial charge in [-0.15, -0.1) is 0 Å². The molecule has 1 fully saturated rings. The summed E-state index contributed by atoms with van der Waals surface area (Å²) in [5.74, 6) is 1.74. The summed E-state index contributed by atoms with van der Waals surface area (Å²) in [6, 6.07) is 8.30. The molecule has 21 heavy (non-hydrogen) atoms. The minimum atomic E-state index is 0.444. The molecule has 1 aliphatic rings. The summed E-state index contributed by atoms with van der Waals surface area (Å²) in [6.45, 7) is 7.68. The Bertz CT molecular complexity index is 391. The maximum Gasteiger partial charge on any atom is 0.119 e. The van der Waals surface area contributed by atoms with E-state index in [2.05, 4.69) is 31.3 Å². The molecule has 1 aliphatic carbocycles. The molecule has 1 saturated carbocycles. The summed E-state index contributed by atoms with van der Waals surface area (Å²) in [4.78, 5) is 0. The molecule has 0 heterocycles. The van der Waals surface area contributed by atoms with Crippen LogP contribution in [-0.4, -0.2) is 25.9 Å². The van der Waals surface area contributed by atoms with E-state index in [0.717, 1.165) is 24.8 Å². The number of benzene rings is 1. The van der Waals surface area contributed by atoms with Crippen LogP contribution in [-0.2, 0) is 11.3 Å². The highest BCUT2D eigenvalue weighted by molar-refractivity contribution is 5.27. The third kappa shape index (κ3) is 6.06. The van der Waals surface area contributed by atoms with Gasteiger partial charge in [0.15, 0.2) is 0 Å². The molecule has 0 saturated heterocycles. The van der Waals surface area contributed by atoms with Crippen molar-refractivity contribution >= 4 is 0 Å². The average Bonchev–Trinajstić information content (AvgIpc) is 2.51. The maximum absolute atomic E-state index is 5.92. The second-order valence-electron chi connectivity index (χ2n) is 6.04. The summed E-state index contributed by atoms with van der Waals surface area (Å²) in [7, 11) is 0. The lowest BCUT2D eigenvalue weighted by atomic mass is 9.89. The molecule has 2 unspecified atom stereocenters. The maximum atomic E-state index is 5.92. The molecule has 0 bridgehead atoms. The Balaban J connectivity index is 1.62. The fourth-order valence-corrected chi connectivity index (χ4v) is 2.88. The molecule has 0 aliphatic heterocycles. The van der Waals surface area contributed by atoms with Crippen LogP contribution in [0, 0.1) is 5.92 Å². The van der Waals surface area contributed by atoms with Crippen molar-refractivity contribution in [3.05, 3.63) is 29.8 Å². The lowest BCUT2D eigenvalue weighted by molar-refractivity contribution is 0.00196. The molecular weight excluding hydrogens is 262 g/mol. The van der Waals surface area contributed by atoms with Crippen LogP contribution in [0.25, 0.3) is 0 Å². The molecule has 0 radical (unpaired) electrons. The average molecular weight is 291 g/mol. The Hall–Kier alpha value is -1.06. The van der Waals surface area contributed by atoms with Crippen molar-refractivity contribution in [2.45, 2.75) is 52.2 Å². The van der Waals surface area contributed by atoms with Crippen LogP contribution in [0.2, 0.25) is 0 Å². The minimum Gasteiger partial charge on any atom is -0.491 e. The molecule has 118 valence electrons. The predicted octanol–water partition coefficient (Wildman–Crippen LogP) is 3.77. The van der Waals surface area contributed by atoms with E-state index in [1.54, 1.807) is 0 Å². The standard InChI is InChI=1S/C18H29NO2/c1-3-19-14-16-7-9-17(10-8-16)20-11-12-21-18-6-4-5-15(2)13-18/h7-10,15,18-19H,3-6,11-14H2,1-2H3. The van der Waals surface area contributed by atoms with Crippen molar-refractivity contribution in [3.8, 4) is 5.75 Å². The zero-order valence-electron chi connectivity index (χ0n) is 13.4. The van der Waals surface area contributed by atoms with E-state index in [-0.39, 0.29) is 0 Å². The molecular formula is C18H29NO2. The first kappa shape index (κ1) is 16.3. The van der Waals surface area contributed by atoms with Gasteiger partial charge in [0.25, 0.3) is 0 Å². The summed E-state index contributed by atoms with van der Waals surface area (Å²) >= 11 is 0. The Labute approximate surface area is 129 Å².